The molecule has 0 saturated carbocycles. The molecule has 144 valence electrons. The minimum atomic E-state index is -0.469. The van der Waals surface area contributed by atoms with E-state index in [2.05, 4.69) is 26.0 Å². The van der Waals surface area contributed by atoms with Crippen LogP contribution in [0.2, 0.25) is 0 Å². The topological polar surface area (TPSA) is 55.8 Å². The Hall–Kier alpha value is -2.34. The Morgan fingerprint density at radius 3 is 2.67 bits per heavy atom. The summed E-state index contributed by atoms with van der Waals surface area (Å²) >= 11 is 1.38. The average Bonchev–Trinajstić information content (AvgIpc) is 3.35. The van der Waals surface area contributed by atoms with Crippen molar-refractivity contribution in [2.24, 2.45) is 0 Å². The van der Waals surface area contributed by atoms with E-state index in [1.807, 2.05) is 23.6 Å². The minimum absolute atomic E-state index is 0.111. The van der Waals surface area contributed by atoms with Crippen LogP contribution in [0.25, 0.3) is 0 Å². The molecule has 2 aromatic rings. The van der Waals surface area contributed by atoms with Gasteiger partial charge >= 0.3 is 5.97 Å². The summed E-state index contributed by atoms with van der Waals surface area (Å²) in [5.74, 6) is 0.846. The quantitative estimate of drug-likeness (QED) is 0.696. The fourth-order valence-electron chi connectivity index (χ4n) is 3.21. The molecule has 0 radical (unpaired) electrons. The highest BCUT2D eigenvalue weighted by atomic mass is 32.1. The Kier molecular flexibility index (Phi) is 6.16. The lowest BCUT2D eigenvalue weighted by Gasteiger charge is -2.21. The lowest BCUT2D eigenvalue weighted by molar-refractivity contribution is -0.145. The van der Waals surface area contributed by atoms with Crippen LogP contribution in [0, 0.1) is 0 Å². The summed E-state index contributed by atoms with van der Waals surface area (Å²) in [5.41, 5.74) is 2.22. The Balaban J connectivity index is 1.61. The number of hydrogen-bond acceptors (Lipinski definition) is 5. The number of methoxy groups -OCH3 is 1. The molecule has 0 N–H and O–H groups in total. The van der Waals surface area contributed by atoms with Crippen molar-refractivity contribution in [2.45, 2.75) is 45.3 Å². The van der Waals surface area contributed by atoms with Gasteiger partial charge in [-0.25, -0.2) is 4.79 Å². The zero-order chi connectivity index (χ0) is 19.4. The average molecular weight is 388 g/mol. The van der Waals surface area contributed by atoms with Crippen LogP contribution in [-0.2, 0) is 16.1 Å². The molecule has 1 unspecified atom stereocenters. The van der Waals surface area contributed by atoms with Gasteiger partial charge in [0, 0.05) is 12.1 Å². The molecule has 2 heterocycles. The van der Waals surface area contributed by atoms with E-state index in [1.165, 1.54) is 24.0 Å². The third-order valence-corrected chi connectivity index (χ3v) is 5.77. The molecule has 5 nitrogen and oxygen atoms in total. The molecule has 1 saturated heterocycles. The van der Waals surface area contributed by atoms with Gasteiger partial charge in [-0.05, 0) is 47.9 Å². The number of rotatable bonds is 6. The first-order valence-corrected chi connectivity index (χ1v) is 10.1. The number of nitrogens with zero attached hydrogens (tertiary/aromatic N) is 1. The molecule has 1 aliphatic heterocycles. The van der Waals surface area contributed by atoms with Crippen LogP contribution in [0.1, 0.15) is 53.4 Å². The highest BCUT2D eigenvalue weighted by Gasteiger charge is 2.35. The molecule has 3 rings (SSSR count). The van der Waals surface area contributed by atoms with Gasteiger partial charge < -0.3 is 14.4 Å². The first kappa shape index (κ1) is 19.4. The van der Waals surface area contributed by atoms with Crippen molar-refractivity contribution in [1.82, 2.24) is 4.90 Å². The first-order chi connectivity index (χ1) is 13.0. The number of benzene rings is 1. The number of likely N-dealkylation sites (tertiary alicyclic amines) is 1. The summed E-state index contributed by atoms with van der Waals surface area (Å²) in [6.45, 7) is 5.31. The van der Waals surface area contributed by atoms with E-state index in [4.69, 9.17) is 9.47 Å². The largest absolute Gasteiger partial charge is 0.489 e. The molecule has 0 aliphatic carbocycles. The predicted molar refractivity (Wildman–Crippen MR) is 105 cm³/mol. The number of esters is 1. The van der Waals surface area contributed by atoms with Crippen molar-refractivity contribution in [3.05, 3.63) is 51.7 Å². The lowest BCUT2D eigenvalue weighted by atomic mass is 10.0. The van der Waals surface area contributed by atoms with E-state index in [9.17, 15) is 9.59 Å². The van der Waals surface area contributed by atoms with Crippen LogP contribution in [0.15, 0.2) is 35.7 Å². The van der Waals surface area contributed by atoms with Gasteiger partial charge in [-0.3, -0.25) is 4.79 Å². The van der Waals surface area contributed by atoms with Gasteiger partial charge in [-0.15, -0.1) is 11.3 Å². The number of hydrogen-bond donors (Lipinski definition) is 0. The Labute approximate surface area is 163 Å². The molecular formula is C21H25NO4S. The monoisotopic (exact) mass is 387 g/mol. The second kappa shape index (κ2) is 8.57. The van der Waals surface area contributed by atoms with Gasteiger partial charge in [-0.2, -0.15) is 0 Å². The van der Waals surface area contributed by atoms with Crippen molar-refractivity contribution in [2.75, 3.05) is 13.7 Å². The fourth-order valence-corrected chi connectivity index (χ4v) is 4.06. The van der Waals surface area contributed by atoms with E-state index in [-0.39, 0.29) is 11.9 Å². The second-order valence-corrected chi connectivity index (χ2v) is 7.92. The highest BCUT2D eigenvalue weighted by Crippen LogP contribution is 2.25. The van der Waals surface area contributed by atoms with Crippen molar-refractivity contribution in [3.8, 4) is 5.75 Å². The molecule has 1 aromatic heterocycles. The Bertz CT molecular complexity index is 797. The van der Waals surface area contributed by atoms with Crippen LogP contribution in [-0.4, -0.2) is 36.5 Å². The molecule has 1 amide bonds. The summed E-state index contributed by atoms with van der Waals surface area (Å²) in [6.07, 6.45) is 1.48. The predicted octanol–water partition coefficient (Wildman–Crippen LogP) is 4.23. The Morgan fingerprint density at radius 1 is 1.26 bits per heavy atom. The standard InChI is InChI=1S/C21H25NO4S/c1-14(2)16-6-8-17(9-7-16)26-12-15-11-19(27-13-15)20(23)22-10-4-5-18(22)21(24)25-3/h6-9,11,13-14,18H,4-5,10,12H2,1-3H3. The number of thiophene rings is 1. The summed E-state index contributed by atoms with van der Waals surface area (Å²) in [4.78, 5) is 26.9. The van der Waals surface area contributed by atoms with Crippen LogP contribution in [0.3, 0.4) is 0 Å². The summed E-state index contributed by atoms with van der Waals surface area (Å²) in [7, 11) is 1.36. The van der Waals surface area contributed by atoms with Gasteiger partial charge in [0.25, 0.3) is 5.91 Å². The zero-order valence-corrected chi connectivity index (χ0v) is 16.8. The number of carbonyl (C=O) groups excluding carboxylic acids is 2. The van der Waals surface area contributed by atoms with E-state index < -0.39 is 6.04 Å². The maximum atomic E-state index is 12.8. The molecule has 6 heteroatoms. The summed E-state index contributed by atoms with van der Waals surface area (Å²) in [6, 6.07) is 9.47. The number of carbonyl (C=O) groups is 2. The van der Waals surface area contributed by atoms with E-state index in [0.29, 0.717) is 30.4 Å². The van der Waals surface area contributed by atoms with E-state index in [1.54, 1.807) is 4.90 Å². The van der Waals surface area contributed by atoms with Gasteiger partial charge in [0.05, 0.1) is 12.0 Å². The molecule has 0 spiro atoms. The molecular weight excluding hydrogens is 362 g/mol. The molecule has 0 bridgehead atoms. The Morgan fingerprint density at radius 2 is 2.00 bits per heavy atom. The van der Waals surface area contributed by atoms with Gasteiger partial charge in [0.15, 0.2) is 0 Å². The van der Waals surface area contributed by atoms with Gasteiger partial charge in [-0.1, -0.05) is 26.0 Å². The lowest BCUT2D eigenvalue weighted by Crippen LogP contribution is -2.40. The van der Waals surface area contributed by atoms with Gasteiger partial charge in [0.1, 0.15) is 18.4 Å². The zero-order valence-electron chi connectivity index (χ0n) is 15.9. The molecule has 27 heavy (non-hydrogen) atoms. The second-order valence-electron chi connectivity index (χ2n) is 7.01. The maximum absolute atomic E-state index is 12.8. The molecule has 1 fully saturated rings. The smallest absolute Gasteiger partial charge is 0.328 e. The summed E-state index contributed by atoms with van der Waals surface area (Å²) < 4.78 is 10.6. The third kappa shape index (κ3) is 4.50. The van der Waals surface area contributed by atoms with Crippen LogP contribution in [0.5, 0.6) is 5.75 Å². The van der Waals surface area contributed by atoms with Crippen LogP contribution >= 0.6 is 11.3 Å². The first-order valence-electron chi connectivity index (χ1n) is 9.18. The van der Waals surface area contributed by atoms with E-state index in [0.717, 1.165) is 17.7 Å². The summed E-state index contributed by atoms with van der Waals surface area (Å²) in [5, 5.41) is 1.93. The van der Waals surface area contributed by atoms with Gasteiger partial charge in [0.2, 0.25) is 0 Å². The normalized spacial score (nSPS) is 16.6. The SMILES string of the molecule is COC(=O)C1CCCN1C(=O)c1cc(COc2ccc(C(C)C)cc2)cs1. The van der Waals surface area contributed by atoms with Crippen molar-refractivity contribution < 1.29 is 19.1 Å². The van der Waals surface area contributed by atoms with Crippen LogP contribution < -0.4 is 4.74 Å². The fraction of sp³-hybridized carbons (Fsp3) is 0.429. The maximum Gasteiger partial charge on any atom is 0.328 e. The molecule has 1 aliphatic rings. The van der Waals surface area contributed by atoms with Crippen molar-refractivity contribution in [1.29, 1.82) is 0 Å². The molecule has 1 atom stereocenters. The highest BCUT2D eigenvalue weighted by molar-refractivity contribution is 7.12. The molecule has 1 aromatic carbocycles. The van der Waals surface area contributed by atoms with Crippen molar-refractivity contribution >= 4 is 23.2 Å². The van der Waals surface area contributed by atoms with Crippen LogP contribution in [0.4, 0.5) is 0 Å². The van der Waals surface area contributed by atoms with E-state index >= 15 is 0 Å². The number of ether oxygens (including phenoxy) is 2. The van der Waals surface area contributed by atoms with Crippen molar-refractivity contribution in [3.63, 3.8) is 0 Å². The third-order valence-electron chi connectivity index (χ3n) is 4.80. The number of amides is 1. The minimum Gasteiger partial charge on any atom is -0.489 e.